The zero-order chi connectivity index (χ0) is 23.2. The number of carbonyl (C=O) groups excluding carboxylic acids is 2. The Hall–Kier alpha value is -3.52. The van der Waals surface area contributed by atoms with Gasteiger partial charge in [0.1, 0.15) is 5.70 Å². The Morgan fingerprint density at radius 2 is 1.48 bits per heavy atom. The molecule has 0 atom stereocenters. The molecule has 0 heterocycles. The van der Waals surface area contributed by atoms with Crippen LogP contribution in [0.1, 0.15) is 42.3 Å². The van der Waals surface area contributed by atoms with Crippen molar-refractivity contribution in [2.24, 2.45) is 5.84 Å². The number of nitrogens with one attached hydrogen (secondary N) is 2. The maximum Gasteiger partial charge on any atom is 0.281 e. The maximum absolute atomic E-state index is 12.9. The van der Waals surface area contributed by atoms with Crippen LogP contribution in [0.4, 0.5) is 0 Å². The molecule has 0 radical (unpaired) electrons. The van der Waals surface area contributed by atoms with Crippen LogP contribution < -0.4 is 30.8 Å². The Morgan fingerprint density at radius 1 is 0.935 bits per heavy atom. The number of methoxy groups -OCH3 is 3. The van der Waals surface area contributed by atoms with Gasteiger partial charge in [-0.3, -0.25) is 15.0 Å². The highest BCUT2D eigenvalue weighted by Crippen LogP contribution is 2.38. The van der Waals surface area contributed by atoms with Crippen molar-refractivity contribution in [2.75, 3.05) is 21.3 Å². The Kier molecular flexibility index (Phi) is 7.66. The third kappa shape index (κ3) is 5.76. The number of benzene rings is 2. The lowest BCUT2D eigenvalue weighted by molar-refractivity contribution is -0.117. The molecule has 8 heteroatoms. The molecule has 2 aromatic carbocycles. The van der Waals surface area contributed by atoms with Crippen LogP contribution >= 0.6 is 0 Å². The quantitative estimate of drug-likeness (QED) is 0.271. The summed E-state index contributed by atoms with van der Waals surface area (Å²) < 4.78 is 15.8. The Balaban J connectivity index is 2.38. The fourth-order valence-electron chi connectivity index (χ4n) is 2.89. The van der Waals surface area contributed by atoms with Crippen molar-refractivity contribution in [3.63, 3.8) is 0 Å². The molecule has 2 rings (SSSR count). The molecule has 0 saturated carbocycles. The summed E-state index contributed by atoms with van der Waals surface area (Å²) >= 11 is 0. The van der Waals surface area contributed by atoms with E-state index in [0.717, 1.165) is 11.1 Å². The normalized spacial score (nSPS) is 11.5. The van der Waals surface area contributed by atoms with Crippen molar-refractivity contribution in [3.05, 3.63) is 58.8 Å². The van der Waals surface area contributed by atoms with E-state index in [1.165, 1.54) is 33.5 Å². The lowest BCUT2D eigenvalue weighted by atomic mass is 9.86. The van der Waals surface area contributed by atoms with Crippen LogP contribution in [0.25, 0.3) is 6.08 Å². The summed E-state index contributed by atoms with van der Waals surface area (Å²) in [5.41, 5.74) is 4.14. The first-order valence-corrected chi connectivity index (χ1v) is 9.59. The maximum atomic E-state index is 12.9. The smallest absolute Gasteiger partial charge is 0.281 e. The van der Waals surface area contributed by atoms with Gasteiger partial charge in [-0.15, -0.1) is 0 Å². The molecule has 31 heavy (non-hydrogen) atoms. The Bertz CT molecular complexity index is 951. The molecule has 0 aliphatic rings. The number of carbonyl (C=O) groups is 2. The average Bonchev–Trinajstić information content (AvgIpc) is 2.76. The Labute approximate surface area is 182 Å². The van der Waals surface area contributed by atoms with E-state index in [2.05, 4.69) is 26.1 Å². The van der Waals surface area contributed by atoms with Gasteiger partial charge in [-0.1, -0.05) is 45.0 Å². The highest BCUT2D eigenvalue weighted by atomic mass is 16.5. The largest absolute Gasteiger partial charge is 0.493 e. The molecule has 0 unspecified atom stereocenters. The molecule has 0 aliphatic carbocycles. The third-order valence-electron chi connectivity index (χ3n) is 4.64. The molecule has 8 nitrogen and oxygen atoms in total. The fraction of sp³-hybridized carbons (Fsp3) is 0.304. The van der Waals surface area contributed by atoms with Crippen molar-refractivity contribution in [1.82, 2.24) is 10.7 Å². The molecule has 0 fully saturated rings. The zero-order valence-corrected chi connectivity index (χ0v) is 18.7. The van der Waals surface area contributed by atoms with Gasteiger partial charge in [0, 0.05) is 5.56 Å². The highest BCUT2D eigenvalue weighted by molar-refractivity contribution is 6.05. The molecule has 0 aromatic heterocycles. The van der Waals surface area contributed by atoms with E-state index in [-0.39, 0.29) is 16.7 Å². The van der Waals surface area contributed by atoms with E-state index >= 15 is 0 Å². The highest BCUT2D eigenvalue weighted by Gasteiger charge is 2.20. The van der Waals surface area contributed by atoms with Crippen molar-refractivity contribution in [1.29, 1.82) is 0 Å². The summed E-state index contributed by atoms with van der Waals surface area (Å²) in [4.78, 5) is 25.1. The molecule has 2 aromatic rings. The van der Waals surface area contributed by atoms with E-state index < -0.39 is 11.8 Å². The summed E-state index contributed by atoms with van der Waals surface area (Å²) in [6.07, 6.45) is 1.55. The lowest BCUT2D eigenvalue weighted by Gasteiger charge is -2.19. The minimum Gasteiger partial charge on any atom is -0.493 e. The minimum absolute atomic E-state index is 0.000399. The van der Waals surface area contributed by atoms with Crippen LogP contribution in [0.3, 0.4) is 0 Å². The minimum atomic E-state index is -0.638. The zero-order valence-electron chi connectivity index (χ0n) is 18.7. The van der Waals surface area contributed by atoms with Gasteiger partial charge in [-0.05, 0) is 34.8 Å². The monoisotopic (exact) mass is 427 g/mol. The van der Waals surface area contributed by atoms with Crippen LogP contribution in [0.2, 0.25) is 0 Å². The fourth-order valence-corrected chi connectivity index (χ4v) is 2.89. The SMILES string of the molecule is COc1cc(C(=O)N/C(=C/c2ccc(C(C)(C)C)cc2)C(=O)NN)cc(OC)c1OC. The average molecular weight is 428 g/mol. The summed E-state index contributed by atoms with van der Waals surface area (Å²) in [7, 11) is 4.37. The van der Waals surface area contributed by atoms with Gasteiger partial charge in [0.15, 0.2) is 11.5 Å². The second kappa shape index (κ2) is 9.99. The summed E-state index contributed by atoms with van der Waals surface area (Å²) in [6, 6.07) is 10.7. The van der Waals surface area contributed by atoms with E-state index in [4.69, 9.17) is 20.1 Å². The van der Waals surface area contributed by atoms with E-state index in [1.807, 2.05) is 29.7 Å². The number of rotatable bonds is 7. The van der Waals surface area contributed by atoms with Gasteiger partial charge in [0.2, 0.25) is 5.75 Å². The van der Waals surface area contributed by atoms with E-state index in [9.17, 15) is 9.59 Å². The summed E-state index contributed by atoms with van der Waals surface area (Å²) in [5.74, 6) is 5.12. The first kappa shape index (κ1) is 23.8. The number of hydrazine groups is 1. The molecular weight excluding hydrogens is 398 g/mol. The lowest BCUT2D eigenvalue weighted by Crippen LogP contribution is -2.38. The molecular formula is C23H29N3O5. The predicted octanol–water partition coefficient (Wildman–Crippen LogP) is 2.77. The number of nitrogens with two attached hydrogens (primary N) is 1. The van der Waals surface area contributed by atoms with Crippen molar-refractivity contribution in [2.45, 2.75) is 26.2 Å². The van der Waals surface area contributed by atoms with Crippen LogP contribution in [0.15, 0.2) is 42.1 Å². The van der Waals surface area contributed by atoms with E-state index in [1.54, 1.807) is 6.08 Å². The van der Waals surface area contributed by atoms with Gasteiger partial charge < -0.3 is 19.5 Å². The number of hydrogen-bond acceptors (Lipinski definition) is 6. The van der Waals surface area contributed by atoms with E-state index in [0.29, 0.717) is 17.2 Å². The summed E-state index contributed by atoms with van der Waals surface area (Å²) in [6.45, 7) is 6.34. The van der Waals surface area contributed by atoms with Gasteiger partial charge >= 0.3 is 0 Å². The van der Waals surface area contributed by atoms with Crippen molar-refractivity contribution in [3.8, 4) is 17.2 Å². The predicted molar refractivity (Wildman–Crippen MR) is 119 cm³/mol. The first-order chi connectivity index (χ1) is 14.6. The number of amides is 2. The standard InChI is InChI=1S/C23H29N3O5/c1-23(2,3)16-9-7-14(8-10-16)11-17(22(28)26-24)25-21(27)15-12-18(29-4)20(31-6)19(13-15)30-5/h7-13H,24H2,1-6H3,(H,25,27)(H,26,28)/b17-11+. The van der Waals surface area contributed by atoms with Crippen LogP contribution in [0.5, 0.6) is 17.2 Å². The molecule has 2 amide bonds. The third-order valence-corrected chi connectivity index (χ3v) is 4.64. The van der Waals surface area contributed by atoms with Gasteiger partial charge in [-0.2, -0.15) is 0 Å². The van der Waals surface area contributed by atoms with Crippen molar-refractivity contribution >= 4 is 17.9 Å². The Morgan fingerprint density at radius 3 is 1.90 bits per heavy atom. The van der Waals surface area contributed by atoms with Gasteiger partial charge in [-0.25, -0.2) is 5.84 Å². The molecule has 166 valence electrons. The van der Waals surface area contributed by atoms with Crippen LogP contribution in [-0.2, 0) is 10.2 Å². The number of hydrogen-bond donors (Lipinski definition) is 3. The second-order valence-corrected chi connectivity index (χ2v) is 7.77. The van der Waals surface area contributed by atoms with Crippen molar-refractivity contribution < 1.29 is 23.8 Å². The van der Waals surface area contributed by atoms with Gasteiger partial charge in [0.25, 0.3) is 11.8 Å². The molecule has 0 spiro atoms. The van der Waals surface area contributed by atoms with Crippen LogP contribution in [0, 0.1) is 0 Å². The second-order valence-electron chi connectivity index (χ2n) is 7.77. The molecule has 0 aliphatic heterocycles. The molecule has 0 saturated heterocycles. The topological polar surface area (TPSA) is 112 Å². The molecule has 0 bridgehead atoms. The van der Waals surface area contributed by atoms with Crippen LogP contribution in [-0.4, -0.2) is 33.1 Å². The summed E-state index contributed by atoms with van der Waals surface area (Å²) in [5, 5.41) is 2.60. The number of ether oxygens (including phenoxy) is 3. The first-order valence-electron chi connectivity index (χ1n) is 9.59. The van der Waals surface area contributed by atoms with Gasteiger partial charge in [0.05, 0.1) is 21.3 Å². The molecule has 4 N–H and O–H groups in total.